The third kappa shape index (κ3) is 2.12. The van der Waals surface area contributed by atoms with E-state index in [1.807, 2.05) is 12.1 Å². The number of fused-ring (bicyclic) bond motifs is 1. The molecule has 1 aromatic carbocycles. The second kappa shape index (κ2) is 4.70. The molecule has 0 unspecified atom stereocenters. The Labute approximate surface area is 112 Å². The van der Waals surface area contributed by atoms with Crippen molar-refractivity contribution in [3.63, 3.8) is 0 Å². The summed E-state index contributed by atoms with van der Waals surface area (Å²) in [6.07, 6.45) is 0. The highest BCUT2D eigenvalue weighted by molar-refractivity contribution is 5.95. The van der Waals surface area contributed by atoms with Crippen LogP contribution in [0.2, 0.25) is 0 Å². The van der Waals surface area contributed by atoms with Gasteiger partial charge in [-0.1, -0.05) is 0 Å². The number of hydrogen-bond acceptors (Lipinski definition) is 6. The van der Waals surface area contributed by atoms with Crippen LogP contribution in [0.5, 0.6) is 0 Å². The van der Waals surface area contributed by atoms with E-state index >= 15 is 0 Å². The SMILES string of the molecule is CC(C)N1CCN(c2ccc(N)c3nonc23)CC1. The number of nitrogen functional groups attached to an aromatic ring is 1. The Morgan fingerprint density at radius 3 is 2.47 bits per heavy atom. The Morgan fingerprint density at radius 1 is 1.11 bits per heavy atom. The van der Waals surface area contributed by atoms with Crippen LogP contribution in [0, 0.1) is 0 Å². The van der Waals surface area contributed by atoms with Crippen LogP contribution < -0.4 is 10.6 Å². The summed E-state index contributed by atoms with van der Waals surface area (Å²) in [6.45, 7) is 8.58. The normalized spacial score (nSPS) is 17.5. The fourth-order valence-corrected chi connectivity index (χ4v) is 2.61. The fraction of sp³-hybridized carbons (Fsp3) is 0.538. The quantitative estimate of drug-likeness (QED) is 0.822. The van der Waals surface area contributed by atoms with Gasteiger partial charge in [-0.25, -0.2) is 4.63 Å². The topological polar surface area (TPSA) is 71.4 Å². The molecule has 0 radical (unpaired) electrons. The zero-order valence-electron chi connectivity index (χ0n) is 11.3. The van der Waals surface area contributed by atoms with Gasteiger partial charge in [0.15, 0.2) is 11.0 Å². The predicted molar refractivity (Wildman–Crippen MR) is 75.1 cm³/mol. The summed E-state index contributed by atoms with van der Waals surface area (Å²) in [4.78, 5) is 4.80. The highest BCUT2D eigenvalue weighted by Crippen LogP contribution is 2.29. The van der Waals surface area contributed by atoms with Crippen LogP contribution in [0.1, 0.15) is 13.8 Å². The molecule has 0 atom stereocenters. The van der Waals surface area contributed by atoms with Gasteiger partial charge in [-0.2, -0.15) is 0 Å². The van der Waals surface area contributed by atoms with Gasteiger partial charge < -0.3 is 10.6 Å². The van der Waals surface area contributed by atoms with Gasteiger partial charge in [0.25, 0.3) is 0 Å². The Hall–Kier alpha value is -1.82. The fourth-order valence-electron chi connectivity index (χ4n) is 2.61. The first-order valence-corrected chi connectivity index (χ1v) is 6.66. The molecule has 1 aliphatic heterocycles. The summed E-state index contributed by atoms with van der Waals surface area (Å²) in [6, 6.07) is 4.48. The van der Waals surface area contributed by atoms with E-state index < -0.39 is 0 Å². The summed E-state index contributed by atoms with van der Waals surface area (Å²) in [5, 5.41) is 7.86. The zero-order chi connectivity index (χ0) is 13.4. The lowest BCUT2D eigenvalue weighted by Crippen LogP contribution is -2.49. The van der Waals surface area contributed by atoms with Crippen LogP contribution in [0.4, 0.5) is 11.4 Å². The molecule has 3 rings (SSSR count). The van der Waals surface area contributed by atoms with E-state index in [0.29, 0.717) is 17.2 Å². The average Bonchev–Trinajstić information content (AvgIpc) is 2.89. The first-order chi connectivity index (χ1) is 9.16. The van der Waals surface area contributed by atoms with Crippen LogP contribution in [-0.2, 0) is 0 Å². The molecular weight excluding hydrogens is 242 g/mol. The van der Waals surface area contributed by atoms with Crippen molar-refractivity contribution in [3.05, 3.63) is 12.1 Å². The van der Waals surface area contributed by atoms with E-state index in [2.05, 4.69) is 34.0 Å². The van der Waals surface area contributed by atoms with Gasteiger partial charge in [0, 0.05) is 32.2 Å². The van der Waals surface area contributed by atoms with Crippen molar-refractivity contribution in [1.29, 1.82) is 0 Å². The van der Waals surface area contributed by atoms with Crippen LogP contribution in [0.3, 0.4) is 0 Å². The van der Waals surface area contributed by atoms with Crippen molar-refractivity contribution >= 4 is 22.4 Å². The highest BCUT2D eigenvalue weighted by Gasteiger charge is 2.22. The standard InChI is InChI=1S/C13H19N5O/c1-9(2)17-5-7-18(8-6-17)11-4-3-10(14)12-13(11)16-19-15-12/h3-4,9H,5-8,14H2,1-2H3. The molecule has 1 saturated heterocycles. The first kappa shape index (κ1) is 12.2. The first-order valence-electron chi connectivity index (χ1n) is 6.66. The Bertz CT molecular complexity index is 571. The molecule has 19 heavy (non-hydrogen) atoms. The average molecular weight is 261 g/mol. The van der Waals surface area contributed by atoms with Gasteiger partial charge in [0.05, 0.1) is 11.4 Å². The van der Waals surface area contributed by atoms with Crippen molar-refractivity contribution < 1.29 is 4.63 Å². The third-order valence-electron chi connectivity index (χ3n) is 3.81. The minimum absolute atomic E-state index is 0.599. The maximum atomic E-state index is 5.87. The Balaban J connectivity index is 1.86. The number of benzene rings is 1. The van der Waals surface area contributed by atoms with Crippen molar-refractivity contribution in [1.82, 2.24) is 15.2 Å². The van der Waals surface area contributed by atoms with Crippen LogP contribution in [0.25, 0.3) is 11.0 Å². The summed E-state index contributed by atoms with van der Waals surface area (Å²) in [5.74, 6) is 0. The van der Waals surface area contributed by atoms with E-state index in [0.717, 1.165) is 37.4 Å². The van der Waals surface area contributed by atoms with Gasteiger partial charge in [0.1, 0.15) is 0 Å². The molecule has 102 valence electrons. The summed E-state index contributed by atoms with van der Waals surface area (Å²) in [7, 11) is 0. The second-order valence-electron chi connectivity index (χ2n) is 5.25. The minimum atomic E-state index is 0.599. The molecule has 0 spiro atoms. The maximum absolute atomic E-state index is 5.87. The maximum Gasteiger partial charge on any atom is 0.160 e. The molecule has 6 heteroatoms. The summed E-state index contributed by atoms with van der Waals surface area (Å²) < 4.78 is 4.82. The number of rotatable bonds is 2. The van der Waals surface area contributed by atoms with Gasteiger partial charge in [-0.05, 0) is 36.3 Å². The van der Waals surface area contributed by atoms with Crippen LogP contribution >= 0.6 is 0 Å². The van der Waals surface area contributed by atoms with Crippen molar-refractivity contribution in [3.8, 4) is 0 Å². The van der Waals surface area contributed by atoms with Crippen molar-refractivity contribution in [2.24, 2.45) is 0 Å². The number of aromatic nitrogens is 2. The zero-order valence-corrected chi connectivity index (χ0v) is 11.3. The minimum Gasteiger partial charge on any atom is -0.397 e. The van der Waals surface area contributed by atoms with E-state index in [-0.39, 0.29) is 0 Å². The predicted octanol–water partition coefficient (Wildman–Crippen LogP) is 1.34. The highest BCUT2D eigenvalue weighted by atomic mass is 16.6. The number of anilines is 2. The molecule has 6 nitrogen and oxygen atoms in total. The molecule has 1 aromatic heterocycles. The summed E-state index contributed by atoms with van der Waals surface area (Å²) >= 11 is 0. The van der Waals surface area contributed by atoms with E-state index in [1.54, 1.807) is 0 Å². The van der Waals surface area contributed by atoms with Gasteiger partial charge in [-0.15, -0.1) is 0 Å². The number of nitrogens with two attached hydrogens (primary N) is 1. The van der Waals surface area contributed by atoms with Gasteiger partial charge >= 0.3 is 0 Å². The molecule has 1 fully saturated rings. The Morgan fingerprint density at radius 2 is 1.79 bits per heavy atom. The lowest BCUT2D eigenvalue weighted by Gasteiger charge is -2.38. The molecule has 2 aromatic rings. The lowest BCUT2D eigenvalue weighted by atomic mass is 10.2. The molecule has 2 N–H and O–H groups in total. The summed E-state index contributed by atoms with van der Waals surface area (Å²) in [5.41, 5.74) is 8.97. The van der Waals surface area contributed by atoms with E-state index in [9.17, 15) is 0 Å². The smallest absolute Gasteiger partial charge is 0.160 e. The Kier molecular flexibility index (Phi) is 3.02. The molecule has 0 bridgehead atoms. The number of hydrogen-bond donors (Lipinski definition) is 1. The molecule has 1 aliphatic rings. The second-order valence-corrected chi connectivity index (χ2v) is 5.25. The van der Waals surface area contributed by atoms with Crippen molar-refractivity contribution in [2.75, 3.05) is 36.8 Å². The molecule has 0 amide bonds. The lowest BCUT2D eigenvalue weighted by molar-refractivity contribution is 0.209. The van der Waals surface area contributed by atoms with E-state index in [4.69, 9.17) is 10.4 Å². The largest absolute Gasteiger partial charge is 0.397 e. The number of nitrogens with zero attached hydrogens (tertiary/aromatic N) is 4. The van der Waals surface area contributed by atoms with Crippen LogP contribution in [0.15, 0.2) is 16.8 Å². The van der Waals surface area contributed by atoms with E-state index in [1.165, 1.54) is 0 Å². The van der Waals surface area contributed by atoms with Crippen molar-refractivity contribution in [2.45, 2.75) is 19.9 Å². The van der Waals surface area contributed by atoms with Crippen LogP contribution in [-0.4, -0.2) is 47.4 Å². The third-order valence-corrected chi connectivity index (χ3v) is 3.81. The molecular formula is C13H19N5O. The molecule has 0 saturated carbocycles. The number of piperazine rings is 1. The van der Waals surface area contributed by atoms with Gasteiger partial charge in [-0.3, -0.25) is 4.90 Å². The molecule has 2 heterocycles. The van der Waals surface area contributed by atoms with Gasteiger partial charge in [0.2, 0.25) is 0 Å². The molecule has 0 aliphatic carbocycles. The monoisotopic (exact) mass is 261 g/mol.